The smallest absolute Gasteiger partial charge is 0.193 e. The van der Waals surface area contributed by atoms with Gasteiger partial charge in [0.2, 0.25) is 0 Å². The summed E-state index contributed by atoms with van der Waals surface area (Å²) < 4.78 is 5.71. The first-order valence-electron chi connectivity index (χ1n) is 8.91. The van der Waals surface area contributed by atoms with Crippen LogP contribution in [0, 0.1) is 0 Å². The number of rotatable bonds is 11. The summed E-state index contributed by atoms with van der Waals surface area (Å²) in [5.74, 6) is 0.680. The summed E-state index contributed by atoms with van der Waals surface area (Å²) in [4.78, 5) is 12.4. The molecule has 0 unspecified atom stereocenters. The Morgan fingerprint density at radius 1 is 0.889 bits per heavy atom. The summed E-state index contributed by atoms with van der Waals surface area (Å²) in [5.41, 5.74) is 6.92. The van der Waals surface area contributed by atoms with Crippen LogP contribution in [0.25, 0.3) is 0 Å². The van der Waals surface area contributed by atoms with Crippen molar-refractivity contribution in [1.82, 2.24) is 0 Å². The lowest BCUT2D eigenvalue weighted by atomic mass is 9.88. The van der Waals surface area contributed by atoms with E-state index in [2.05, 4.69) is 0 Å². The Balaban J connectivity index is 0.00000364. The molecule has 0 saturated heterocycles. The number of halogens is 1. The Morgan fingerprint density at radius 3 is 2.00 bits per heavy atom. The first-order valence-corrected chi connectivity index (χ1v) is 8.91. The fourth-order valence-corrected chi connectivity index (χ4v) is 2.89. The highest BCUT2D eigenvalue weighted by molar-refractivity contribution is 8.93. The zero-order valence-electron chi connectivity index (χ0n) is 15.3. The van der Waals surface area contributed by atoms with Gasteiger partial charge < -0.3 is 20.7 Å². The van der Waals surface area contributed by atoms with Crippen LogP contribution in [0.5, 0.6) is 5.75 Å². The molecular formula is C21H28BrNO4. The number of nitrogens with two attached hydrogens (primary N) is 1. The summed E-state index contributed by atoms with van der Waals surface area (Å²) in [6.45, 7) is 0.504. The third-order valence-electron chi connectivity index (χ3n) is 4.46. The number of benzene rings is 2. The van der Waals surface area contributed by atoms with Gasteiger partial charge in [0.15, 0.2) is 5.78 Å². The summed E-state index contributed by atoms with van der Waals surface area (Å²) in [6, 6.07) is 16.2. The molecule has 0 aromatic heterocycles. The zero-order chi connectivity index (χ0) is 18.8. The average Bonchev–Trinajstić information content (AvgIpc) is 2.66. The number of aliphatic hydroxyl groups excluding tert-OH is 2. The fraction of sp³-hybridized carbons (Fsp3) is 0.381. The third-order valence-corrected chi connectivity index (χ3v) is 4.46. The number of carbonyl (C=O) groups excluding carboxylic acids is 1. The number of hydrogen-bond acceptors (Lipinski definition) is 5. The molecule has 6 heteroatoms. The standard InChI is InChI=1S/C21H27NO4.BrH/c22-21(12-14-23,13-15-24)11-4-16-26-19-9-7-18(8-10-19)20(25)17-5-2-1-3-6-17;/h1-3,5-10,23-24H,4,11-16,22H2;1H. The van der Waals surface area contributed by atoms with E-state index in [9.17, 15) is 4.79 Å². The van der Waals surface area contributed by atoms with Crippen molar-refractivity contribution in [3.05, 3.63) is 65.7 Å². The molecule has 148 valence electrons. The molecule has 2 aromatic rings. The van der Waals surface area contributed by atoms with Crippen LogP contribution >= 0.6 is 17.0 Å². The monoisotopic (exact) mass is 437 g/mol. The van der Waals surface area contributed by atoms with Gasteiger partial charge in [0, 0.05) is 29.9 Å². The first kappa shape index (κ1) is 23.3. The lowest BCUT2D eigenvalue weighted by Gasteiger charge is -2.28. The van der Waals surface area contributed by atoms with Gasteiger partial charge in [-0.15, -0.1) is 17.0 Å². The Kier molecular flexibility index (Phi) is 10.3. The summed E-state index contributed by atoms with van der Waals surface area (Å²) >= 11 is 0. The van der Waals surface area contributed by atoms with Crippen molar-refractivity contribution < 1.29 is 19.7 Å². The Morgan fingerprint density at radius 2 is 1.44 bits per heavy atom. The Hall–Kier alpha value is -1.73. The molecule has 5 nitrogen and oxygen atoms in total. The van der Waals surface area contributed by atoms with Gasteiger partial charge in [-0.25, -0.2) is 0 Å². The minimum absolute atomic E-state index is 0. The second-order valence-electron chi connectivity index (χ2n) is 6.48. The van der Waals surface area contributed by atoms with Gasteiger partial charge in [-0.05, 0) is 49.9 Å². The first-order chi connectivity index (χ1) is 12.6. The average molecular weight is 438 g/mol. The van der Waals surface area contributed by atoms with Crippen molar-refractivity contribution in [3.63, 3.8) is 0 Å². The van der Waals surface area contributed by atoms with E-state index >= 15 is 0 Å². The minimum atomic E-state index is -0.557. The normalized spacial score (nSPS) is 10.9. The molecule has 0 fully saturated rings. The molecular weight excluding hydrogens is 410 g/mol. The van der Waals surface area contributed by atoms with Crippen LogP contribution in [0.3, 0.4) is 0 Å². The van der Waals surface area contributed by atoms with Gasteiger partial charge >= 0.3 is 0 Å². The summed E-state index contributed by atoms with van der Waals surface area (Å²) in [7, 11) is 0. The predicted octanol–water partition coefficient (Wildman–Crippen LogP) is 3.12. The van der Waals surface area contributed by atoms with E-state index in [1.165, 1.54) is 0 Å². The van der Waals surface area contributed by atoms with E-state index in [-0.39, 0.29) is 36.0 Å². The number of ketones is 1. The lowest BCUT2D eigenvalue weighted by molar-refractivity contribution is 0.103. The molecule has 27 heavy (non-hydrogen) atoms. The molecule has 2 aromatic carbocycles. The van der Waals surface area contributed by atoms with E-state index in [0.29, 0.717) is 42.7 Å². The van der Waals surface area contributed by atoms with Crippen LogP contribution in [0.15, 0.2) is 54.6 Å². The fourth-order valence-electron chi connectivity index (χ4n) is 2.89. The van der Waals surface area contributed by atoms with Crippen LogP contribution in [0.2, 0.25) is 0 Å². The van der Waals surface area contributed by atoms with Crippen LogP contribution in [-0.4, -0.2) is 41.4 Å². The van der Waals surface area contributed by atoms with E-state index in [0.717, 1.165) is 6.42 Å². The van der Waals surface area contributed by atoms with E-state index in [1.54, 1.807) is 36.4 Å². The third kappa shape index (κ3) is 7.42. The quantitative estimate of drug-likeness (QED) is 0.370. The highest BCUT2D eigenvalue weighted by atomic mass is 79.9. The molecule has 0 amide bonds. The van der Waals surface area contributed by atoms with Crippen LogP contribution < -0.4 is 10.5 Å². The van der Waals surface area contributed by atoms with E-state index < -0.39 is 5.54 Å². The number of hydrogen-bond donors (Lipinski definition) is 3. The molecule has 0 heterocycles. The zero-order valence-corrected chi connectivity index (χ0v) is 17.1. The van der Waals surface area contributed by atoms with Gasteiger partial charge in [-0.2, -0.15) is 0 Å². The molecule has 0 spiro atoms. The van der Waals surface area contributed by atoms with E-state index in [1.807, 2.05) is 18.2 Å². The molecule has 2 rings (SSSR count). The molecule has 0 atom stereocenters. The van der Waals surface area contributed by atoms with Crippen molar-refractivity contribution >= 4 is 22.8 Å². The molecule has 0 saturated carbocycles. The second-order valence-corrected chi connectivity index (χ2v) is 6.48. The van der Waals surface area contributed by atoms with E-state index in [4.69, 9.17) is 20.7 Å². The highest BCUT2D eigenvalue weighted by Crippen LogP contribution is 2.20. The van der Waals surface area contributed by atoms with Crippen molar-refractivity contribution in [1.29, 1.82) is 0 Å². The van der Waals surface area contributed by atoms with Gasteiger partial charge in [0.25, 0.3) is 0 Å². The highest BCUT2D eigenvalue weighted by Gasteiger charge is 2.23. The maximum absolute atomic E-state index is 12.4. The number of aliphatic hydroxyl groups is 2. The van der Waals surface area contributed by atoms with Gasteiger partial charge in [0.05, 0.1) is 6.61 Å². The molecule has 0 bridgehead atoms. The van der Waals surface area contributed by atoms with Crippen molar-refractivity contribution in [2.75, 3.05) is 19.8 Å². The number of carbonyl (C=O) groups is 1. The van der Waals surface area contributed by atoms with Crippen LogP contribution in [0.1, 0.15) is 41.6 Å². The Labute approximate surface area is 170 Å². The van der Waals surface area contributed by atoms with Gasteiger partial charge in [0.1, 0.15) is 5.75 Å². The molecule has 4 N–H and O–H groups in total. The second kappa shape index (κ2) is 11.9. The molecule has 0 aliphatic rings. The number of ether oxygens (including phenoxy) is 1. The topological polar surface area (TPSA) is 92.8 Å². The van der Waals surface area contributed by atoms with Crippen molar-refractivity contribution in [2.24, 2.45) is 5.73 Å². The lowest BCUT2D eigenvalue weighted by Crippen LogP contribution is -2.42. The van der Waals surface area contributed by atoms with Crippen molar-refractivity contribution in [3.8, 4) is 5.75 Å². The van der Waals surface area contributed by atoms with Gasteiger partial charge in [-0.3, -0.25) is 4.79 Å². The maximum Gasteiger partial charge on any atom is 0.193 e. The summed E-state index contributed by atoms with van der Waals surface area (Å²) in [6.07, 6.45) is 2.31. The van der Waals surface area contributed by atoms with Crippen molar-refractivity contribution in [2.45, 2.75) is 31.2 Å². The molecule has 0 aliphatic heterocycles. The summed E-state index contributed by atoms with van der Waals surface area (Å²) in [5, 5.41) is 18.2. The SMILES string of the molecule is Br.NC(CCO)(CCO)CCCOc1ccc(C(=O)c2ccccc2)cc1. The maximum atomic E-state index is 12.4. The molecule has 0 radical (unpaired) electrons. The van der Waals surface area contributed by atoms with Crippen LogP contribution in [0.4, 0.5) is 0 Å². The Bertz CT molecular complexity index is 670. The molecule has 0 aliphatic carbocycles. The van der Waals surface area contributed by atoms with Crippen LogP contribution in [-0.2, 0) is 0 Å². The largest absolute Gasteiger partial charge is 0.494 e. The minimum Gasteiger partial charge on any atom is -0.494 e. The predicted molar refractivity (Wildman–Crippen MR) is 112 cm³/mol. The van der Waals surface area contributed by atoms with Gasteiger partial charge in [-0.1, -0.05) is 30.3 Å².